The highest BCUT2D eigenvalue weighted by Crippen LogP contribution is 2.66. The molecular formula is C29H47N3O5. The van der Waals surface area contributed by atoms with Crippen LogP contribution in [0.15, 0.2) is 25.3 Å². The van der Waals surface area contributed by atoms with Gasteiger partial charge in [-0.25, -0.2) is 0 Å². The molecule has 0 aromatic heterocycles. The molecule has 3 unspecified atom stereocenters. The van der Waals surface area contributed by atoms with Gasteiger partial charge in [0.2, 0.25) is 17.7 Å². The van der Waals surface area contributed by atoms with Gasteiger partial charge in [-0.3, -0.25) is 14.4 Å². The van der Waals surface area contributed by atoms with Gasteiger partial charge in [-0.15, -0.1) is 13.2 Å². The van der Waals surface area contributed by atoms with Crippen LogP contribution in [0, 0.1) is 23.7 Å². The number of hydrogen-bond acceptors (Lipinski definition) is 5. The van der Waals surface area contributed by atoms with E-state index in [2.05, 4.69) is 13.2 Å². The normalized spacial score (nSPS) is 33.1. The number of aliphatic hydroxyl groups excluding tert-OH is 1. The first-order valence-corrected chi connectivity index (χ1v) is 13.8. The Balaban J connectivity index is 2.21. The molecule has 3 saturated heterocycles. The second-order valence-corrected chi connectivity index (χ2v) is 11.9. The van der Waals surface area contributed by atoms with E-state index in [-0.39, 0.29) is 42.2 Å². The maximum atomic E-state index is 14.4. The van der Waals surface area contributed by atoms with Crippen molar-refractivity contribution >= 4 is 17.7 Å². The number of rotatable bonds is 12. The highest BCUT2D eigenvalue weighted by Gasteiger charge is 2.80. The molecule has 0 aromatic carbocycles. The Morgan fingerprint density at radius 1 is 1.19 bits per heavy atom. The zero-order valence-corrected chi connectivity index (χ0v) is 23.8. The average Bonchev–Trinajstić information content (AvgIpc) is 3.34. The topological polar surface area (TPSA) is 90.4 Å². The predicted molar refractivity (Wildman–Crippen MR) is 143 cm³/mol. The monoisotopic (exact) mass is 517 g/mol. The highest BCUT2D eigenvalue weighted by atomic mass is 16.5. The lowest BCUT2D eigenvalue weighted by Gasteiger charge is -2.41. The van der Waals surface area contributed by atoms with Gasteiger partial charge in [0.1, 0.15) is 11.6 Å². The van der Waals surface area contributed by atoms with Crippen molar-refractivity contribution in [2.45, 2.75) is 90.6 Å². The highest BCUT2D eigenvalue weighted by molar-refractivity contribution is 5.99. The van der Waals surface area contributed by atoms with Gasteiger partial charge in [0.25, 0.3) is 0 Å². The third-order valence-electron chi connectivity index (χ3n) is 8.95. The summed E-state index contributed by atoms with van der Waals surface area (Å²) in [4.78, 5) is 47.9. The molecular weight excluding hydrogens is 470 g/mol. The fraction of sp³-hybridized carbons (Fsp3) is 0.759. The third-order valence-corrected chi connectivity index (χ3v) is 8.95. The fourth-order valence-electron chi connectivity index (χ4n) is 7.07. The zero-order valence-electron chi connectivity index (χ0n) is 23.8. The number of carbonyl (C=O) groups is 3. The van der Waals surface area contributed by atoms with Crippen LogP contribution in [0.4, 0.5) is 0 Å². The van der Waals surface area contributed by atoms with Gasteiger partial charge in [0.15, 0.2) is 0 Å². The van der Waals surface area contributed by atoms with E-state index >= 15 is 0 Å². The number of nitrogens with zero attached hydrogens (tertiary/aromatic N) is 3. The van der Waals surface area contributed by atoms with Gasteiger partial charge in [-0.2, -0.15) is 0 Å². The number of amides is 3. The summed E-state index contributed by atoms with van der Waals surface area (Å²) in [6.07, 6.45) is 4.67. The Kier molecular flexibility index (Phi) is 8.64. The van der Waals surface area contributed by atoms with E-state index in [9.17, 15) is 19.5 Å². The molecule has 0 aliphatic carbocycles. The Bertz CT molecular complexity index is 919. The molecule has 0 saturated carbocycles. The summed E-state index contributed by atoms with van der Waals surface area (Å²) in [5, 5.41) is 10.4. The lowest BCUT2D eigenvalue weighted by Crippen LogP contribution is -2.60. The van der Waals surface area contributed by atoms with E-state index < -0.39 is 35.1 Å². The molecule has 8 nitrogen and oxygen atoms in total. The van der Waals surface area contributed by atoms with Crippen molar-refractivity contribution in [3.63, 3.8) is 0 Å². The second kappa shape index (κ2) is 10.9. The summed E-state index contributed by atoms with van der Waals surface area (Å²) in [5.41, 5.74) is -2.01. The summed E-state index contributed by atoms with van der Waals surface area (Å²) in [5.74, 6) is -2.24. The lowest BCUT2D eigenvalue weighted by molar-refractivity contribution is -0.159. The van der Waals surface area contributed by atoms with Crippen molar-refractivity contribution in [2.24, 2.45) is 23.7 Å². The van der Waals surface area contributed by atoms with E-state index in [0.29, 0.717) is 26.1 Å². The molecule has 3 heterocycles. The largest absolute Gasteiger partial charge is 0.394 e. The van der Waals surface area contributed by atoms with Crippen molar-refractivity contribution in [2.75, 3.05) is 26.2 Å². The van der Waals surface area contributed by atoms with Crippen LogP contribution >= 0.6 is 0 Å². The van der Waals surface area contributed by atoms with Crippen LogP contribution in [-0.2, 0) is 19.1 Å². The molecule has 1 N–H and O–H groups in total. The molecule has 3 rings (SSSR count). The van der Waals surface area contributed by atoms with Crippen molar-refractivity contribution < 1.29 is 24.2 Å². The number of aliphatic hydroxyl groups is 1. The van der Waals surface area contributed by atoms with E-state index in [4.69, 9.17) is 4.74 Å². The average molecular weight is 518 g/mol. The molecule has 0 radical (unpaired) electrons. The maximum Gasteiger partial charge on any atom is 0.248 e. The molecule has 208 valence electrons. The Morgan fingerprint density at radius 3 is 2.30 bits per heavy atom. The molecule has 37 heavy (non-hydrogen) atoms. The molecule has 8 heteroatoms. The number of fused-ring (bicyclic) bond motifs is 1. The molecule has 7 atom stereocenters. The molecule has 3 amide bonds. The number of likely N-dealkylation sites (tertiary alicyclic amines) is 1. The third kappa shape index (κ3) is 4.44. The molecule has 3 aliphatic heterocycles. The smallest absolute Gasteiger partial charge is 0.248 e. The quantitative estimate of drug-likeness (QED) is 0.402. The van der Waals surface area contributed by atoms with Crippen LogP contribution in [0.1, 0.15) is 61.3 Å². The first-order chi connectivity index (χ1) is 17.4. The first-order valence-electron chi connectivity index (χ1n) is 13.8. The minimum absolute atomic E-state index is 0.0357. The first kappa shape index (κ1) is 29.4. The van der Waals surface area contributed by atoms with Gasteiger partial charge >= 0.3 is 0 Å². The molecule has 0 aromatic rings. The summed E-state index contributed by atoms with van der Waals surface area (Å²) >= 11 is 0. The second-order valence-electron chi connectivity index (χ2n) is 11.9. The number of carbonyl (C=O) groups excluding carboxylic acids is 3. The van der Waals surface area contributed by atoms with Crippen LogP contribution in [-0.4, -0.2) is 93.1 Å². The minimum Gasteiger partial charge on any atom is -0.394 e. The van der Waals surface area contributed by atoms with Crippen molar-refractivity contribution in [1.29, 1.82) is 0 Å². The summed E-state index contributed by atoms with van der Waals surface area (Å²) in [7, 11) is 0. The van der Waals surface area contributed by atoms with E-state index in [1.54, 1.807) is 26.9 Å². The lowest BCUT2D eigenvalue weighted by atomic mass is 9.62. The summed E-state index contributed by atoms with van der Waals surface area (Å²) < 4.78 is 6.85. The van der Waals surface area contributed by atoms with Crippen molar-refractivity contribution in [3.05, 3.63) is 25.3 Å². The Labute approximate surface area is 222 Å². The Hall–Kier alpha value is -2.19. The van der Waals surface area contributed by atoms with Gasteiger partial charge in [0.05, 0.1) is 30.1 Å². The van der Waals surface area contributed by atoms with E-state index in [0.717, 1.165) is 6.42 Å². The Morgan fingerprint density at radius 2 is 1.81 bits per heavy atom. The zero-order chi connectivity index (χ0) is 27.9. The van der Waals surface area contributed by atoms with Crippen LogP contribution < -0.4 is 0 Å². The van der Waals surface area contributed by atoms with Crippen molar-refractivity contribution in [1.82, 2.24) is 14.7 Å². The molecule has 1 spiro atoms. The number of ether oxygens (including phenoxy) is 1. The number of hydrogen-bond donors (Lipinski definition) is 1. The summed E-state index contributed by atoms with van der Waals surface area (Å²) in [6.45, 7) is 22.4. The minimum atomic E-state index is -1.13. The van der Waals surface area contributed by atoms with Gasteiger partial charge in [-0.05, 0) is 45.4 Å². The van der Waals surface area contributed by atoms with Crippen LogP contribution in [0.2, 0.25) is 0 Å². The van der Waals surface area contributed by atoms with Crippen molar-refractivity contribution in [3.8, 4) is 0 Å². The molecule has 2 bridgehead atoms. The standard InChI is InChI=1S/C29H47N3O5/c1-10-13-30(14-11-2)25(34)22-23-26(35)32(21(17-33)18(4)5)24(27(36)31(15-12-3)19(6)7)29(23)16-20(8)28(22,9)37-29/h10,12,18-24,33H,1,3,11,13-17H2,2,4-9H3/t20?,21-,22+,23-,24?,28-,29?/m0/s1. The maximum absolute atomic E-state index is 14.4. The van der Waals surface area contributed by atoms with Gasteiger partial charge in [-0.1, -0.05) is 39.8 Å². The predicted octanol–water partition coefficient (Wildman–Crippen LogP) is 2.86. The van der Waals surface area contributed by atoms with E-state index in [1.807, 2.05) is 48.5 Å². The van der Waals surface area contributed by atoms with Crippen LogP contribution in [0.5, 0.6) is 0 Å². The molecule has 3 aliphatic rings. The molecule has 3 fully saturated rings. The van der Waals surface area contributed by atoms with Crippen LogP contribution in [0.25, 0.3) is 0 Å². The van der Waals surface area contributed by atoms with Gasteiger partial charge in [0, 0.05) is 25.7 Å². The fourth-order valence-corrected chi connectivity index (χ4v) is 7.07. The summed E-state index contributed by atoms with van der Waals surface area (Å²) in [6, 6.07) is -1.62. The van der Waals surface area contributed by atoms with Crippen LogP contribution in [0.3, 0.4) is 0 Å². The van der Waals surface area contributed by atoms with E-state index in [1.165, 1.54) is 0 Å². The SMILES string of the molecule is C=CCN(CCC)C(=O)[C@H]1[C@H]2C(=O)N([C@@H](CO)C(C)C)C(C(=O)N(CC=C)C(C)C)C23CC(C)[C@]1(C)O3. The van der Waals surface area contributed by atoms with Gasteiger partial charge < -0.3 is 24.5 Å².